The predicted octanol–water partition coefficient (Wildman–Crippen LogP) is 1.79. The number of piperazine rings is 1. The van der Waals surface area contributed by atoms with Crippen molar-refractivity contribution in [3.8, 4) is 0 Å². The van der Waals surface area contributed by atoms with Crippen LogP contribution < -0.4 is 10.2 Å². The molecular weight excluding hydrogens is 322 g/mol. The lowest BCUT2D eigenvalue weighted by Crippen LogP contribution is -2.47. The SMILES string of the molecule is Cc1ccc(C(=O)NCCCN2CCN(c3ncccn3)CC2)s1. The molecule has 1 aliphatic rings. The van der Waals surface area contributed by atoms with E-state index in [0.717, 1.165) is 56.5 Å². The summed E-state index contributed by atoms with van der Waals surface area (Å²) >= 11 is 1.54. The van der Waals surface area contributed by atoms with Crippen molar-refractivity contribution in [2.75, 3.05) is 44.2 Å². The summed E-state index contributed by atoms with van der Waals surface area (Å²) in [5, 5.41) is 3.00. The summed E-state index contributed by atoms with van der Waals surface area (Å²) in [4.78, 5) is 27.2. The summed E-state index contributed by atoms with van der Waals surface area (Å²) < 4.78 is 0. The normalized spacial score (nSPS) is 15.5. The monoisotopic (exact) mass is 345 g/mol. The standard InChI is InChI=1S/C17H23N5OS/c1-14-4-5-15(24-14)16(23)18-8-3-9-21-10-12-22(13-11-21)17-19-6-2-7-20-17/h2,4-7H,3,8-13H2,1H3,(H,18,23). The molecule has 2 aromatic heterocycles. The molecule has 1 saturated heterocycles. The van der Waals surface area contributed by atoms with Gasteiger partial charge in [-0.15, -0.1) is 11.3 Å². The lowest BCUT2D eigenvalue weighted by Gasteiger charge is -2.34. The number of aromatic nitrogens is 2. The van der Waals surface area contributed by atoms with E-state index in [0.29, 0.717) is 0 Å². The number of carbonyl (C=O) groups is 1. The van der Waals surface area contributed by atoms with E-state index in [4.69, 9.17) is 0 Å². The summed E-state index contributed by atoms with van der Waals surface area (Å²) in [7, 11) is 0. The summed E-state index contributed by atoms with van der Waals surface area (Å²) in [6.07, 6.45) is 4.54. The molecule has 2 aromatic rings. The Balaban J connectivity index is 1.33. The van der Waals surface area contributed by atoms with Crippen LogP contribution in [-0.2, 0) is 0 Å². The molecule has 0 bridgehead atoms. The quantitative estimate of drug-likeness (QED) is 0.809. The minimum atomic E-state index is 0.0409. The highest BCUT2D eigenvalue weighted by atomic mass is 32.1. The summed E-state index contributed by atoms with van der Waals surface area (Å²) in [5.74, 6) is 0.856. The molecule has 6 nitrogen and oxygen atoms in total. The molecule has 1 aliphatic heterocycles. The first-order valence-electron chi connectivity index (χ1n) is 8.31. The number of aryl methyl sites for hydroxylation is 1. The smallest absolute Gasteiger partial charge is 0.261 e. The van der Waals surface area contributed by atoms with Gasteiger partial charge in [-0.1, -0.05) is 0 Å². The van der Waals surface area contributed by atoms with Crippen LogP contribution in [0.2, 0.25) is 0 Å². The first kappa shape index (κ1) is 16.9. The van der Waals surface area contributed by atoms with E-state index in [1.54, 1.807) is 23.7 Å². The molecule has 0 unspecified atom stereocenters. The van der Waals surface area contributed by atoms with Gasteiger partial charge in [-0.2, -0.15) is 0 Å². The molecule has 1 fully saturated rings. The maximum atomic E-state index is 12.0. The van der Waals surface area contributed by atoms with Crippen molar-refractivity contribution in [2.45, 2.75) is 13.3 Å². The van der Waals surface area contributed by atoms with Crippen LogP contribution in [-0.4, -0.2) is 60.0 Å². The molecule has 3 heterocycles. The van der Waals surface area contributed by atoms with Gasteiger partial charge in [0.05, 0.1) is 4.88 Å². The van der Waals surface area contributed by atoms with Crippen LogP contribution in [0.15, 0.2) is 30.6 Å². The van der Waals surface area contributed by atoms with Crippen LogP contribution >= 0.6 is 11.3 Å². The van der Waals surface area contributed by atoms with Crippen molar-refractivity contribution in [2.24, 2.45) is 0 Å². The molecule has 1 amide bonds. The van der Waals surface area contributed by atoms with Gasteiger partial charge < -0.3 is 10.2 Å². The topological polar surface area (TPSA) is 61.4 Å². The largest absolute Gasteiger partial charge is 0.351 e. The van der Waals surface area contributed by atoms with Gasteiger partial charge in [-0.25, -0.2) is 9.97 Å². The van der Waals surface area contributed by atoms with Crippen molar-refractivity contribution in [1.29, 1.82) is 0 Å². The highest BCUT2D eigenvalue weighted by Gasteiger charge is 2.18. The number of amides is 1. The van der Waals surface area contributed by atoms with Crippen LogP contribution in [0, 0.1) is 6.92 Å². The number of anilines is 1. The second-order valence-corrected chi connectivity index (χ2v) is 7.19. The maximum absolute atomic E-state index is 12.0. The lowest BCUT2D eigenvalue weighted by atomic mass is 10.3. The number of rotatable bonds is 6. The van der Waals surface area contributed by atoms with Gasteiger partial charge in [0.25, 0.3) is 5.91 Å². The van der Waals surface area contributed by atoms with Crippen LogP contribution in [0.25, 0.3) is 0 Å². The van der Waals surface area contributed by atoms with Crippen molar-refractivity contribution in [3.63, 3.8) is 0 Å². The van der Waals surface area contributed by atoms with Gasteiger partial charge >= 0.3 is 0 Å². The number of nitrogens with zero attached hydrogens (tertiary/aromatic N) is 4. The highest BCUT2D eigenvalue weighted by Crippen LogP contribution is 2.14. The first-order valence-corrected chi connectivity index (χ1v) is 9.13. The van der Waals surface area contributed by atoms with E-state index in [1.807, 2.05) is 25.1 Å². The minimum Gasteiger partial charge on any atom is -0.351 e. The molecule has 0 spiro atoms. The zero-order chi connectivity index (χ0) is 16.8. The third-order valence-corrected chi connectivity index (χ3v) is 5.11. The number of hydrogen-bond donors (Lipinski definition) is 1. The molecule has 7 heteroatoms. The number of carbonyl (C=O) groups excluding carboxylic acids is 1. The minimum absolute atomic E-state index is 0.0409. The average molecular weight is 345 g/mol. The van der Waals surface area contributed by atoms with E-state index < -0.39 is 0 Å². The second-order valence-electron chi connectivity index (χ2n) is 5.90. The average Bonchev–Trinajstić information content (AvgIpc) is 3.06. The third kappa shape index (κ3) is 4.52. The van der Waals surface area contributed by atoms with Crippen molar-refractivity contribution in [3.05, 3.63) is 40.3 Å². The lowest BCUT2D eigenvalue weighted by molar-refractivity contribution is 0.0955. The van der Waals surface area contributed by atoms with E-state index in [2.05, 4.69) is 25.1 Å². The Labute approximate surface area is 146 Å². The molecule has 0 aromatic carbocycles. The van der Waals surface area contributed by atoms with Gasteiger partial charge in [0.2, 0.25) is 5.95 Å². The fourth-order valence-corrected chi connectivity index (χ4v) is 3.56. The fraction of sp³-hybridized carbons (Fsp3) is 0.471. The molecule has 24 heavy (non-hydrogen) atoms. The molecule has 0 saturated carbocycles. The number of nitrogens with one attached hydrogen (secondary N) is 1. The zero-order valence-electron chi connectivity index (χ0n) is 13.9. The Morgan fingerprint density at radius 3 is 2.62 bits per heavy atom. The number of thiophene rings is 1. The van der Waals surface area contributed by atoms with Gasteiger partial charge in [-0.05, 0) is 38.1 Å². The molecule has 0 aliphatic carbocycles. The van der Waals surface area contributed by atoms with Crippen LogP contribution in [0.4, 0.5) is 5.95 Å². The Morgan fingerprint density at radius 1 is 1.21 bits per heavy atom. The molecule has 0 atom stereocenters. The van der Waals surface area contributed by atoms with Crippen molar-refractivity contribution < 1.29 is 4.79 Å². The molecule has 0 radical (unpaired) electrons. The Bertz CT molecular complexity index is 652. The van der Waals surface area contributed by atoms with Crippen LogP contribution in [0.5, 0.6) is 0 Å². The second kappa shape index (κ2) is 8.21. The van der Waals surface area contributed by atoms with Gasteiger partial charge in [0.15, 0.2) is 0 Å². The Kier molecular flexibility index (Phi) is 5.77. The molecule has 1 N–H and O–H groups in total. The summed E-state index contributed by atoms with van der Waals surface area (Å²) in [6, 6.07) is 5.71. The summed E-state index contributed by atoms with van der Waals surface area (Å²) in [5.41, 5.74) is 0. The summed E-state index contributed by atoms with van der Waals surface area (Å²) in [6.45, 7) is 7.66. The predicted molar refractivity (Wildman–Crippen MR) is 96.7 cm³/mol. The number of hydrogen-bond acceptors (Lipinski definition) is 6. The van der Waals surface area contributed by atoms with Crippen LogP contribution in [0.1, 0.15) is 21.0 Å². The van der Waals surface area contributed by atoms with Crippen LogP contribution in [0.3, 0.4) is 0 Å². The zero-order valence-corrected chi connectivity index (χ0v) is 14.8. The van der Waals surface area contributed by atoms with Gasteiger partial charge in [0, 0.05) is 50.0 Å². The van der Waals surface area contributed by atoms with Crippen molar-refractivity contribution in [1.82, 2.24) is 20.2 Å². The van der Waals surface area contributed by atoms with E-state index in [9.17, 15) is 4.79 Å². The Hall–Kier alpha value is -1.99. The van der Waals surface area contributed by atoms with Crippen molar-refractivity contribution >= 4 is 23.2 Å². The Morgan fingerprint density at radius 2 is 1.96 bits per heavy atom. The fourth-order valence-electron chi connectivity index (χ4n) is 2.77. The van der Waals surface area contributed by atoms with E-state index >= 15 is 0 Å². The molecule has 3 rings (SSSR count). The maximum Gasteiger partial charge on any atom is 0.261 e. The third-order valence-electron chi connectivity index (χ3n) is 4.11. The van der Waals surface area contributed by atoms with E-state index in [1.165, 1.54) is 4.88 Å². The van der Waals surface area contributed by atoms with E-state index in [-0.39, 0.29) is 5.91 Å². The van der Waals surface area contributed by atoms with Gasteiger partial charge in [-0.3, -0.25) is 9.69 Å². The van der Waals surface area contributed by atoms with Gasteiger partial charge in [0.1, 0.15) is 0 Å². The molecule has 128 valence electrons. The first-order chi connectivity index (χ1) is 11.7. The highest BCUT2D eigenvalue weighted by molar-refractivity contribution is 7.13. The molecular formula is C17H23N5OS.